The molecule has 1 aliphatic rings. The number of carbonyl (C=O) groups excluding carboxylic acids is 1. The minimum atomic E-state index is -0.955. The Bertz CT molecular complexity index is 555. The molecule has 1 saturated carbocycles. The van der Waals surface area contributed by atoms with Crippen molar-refractivity contribution in [2.45, 2.75) is 83.5 Å². The molecular formula is C19H34N4O3. The van der Waals surface area contributed by atoms with Crippen molar-refractivity contribution in [3.8, 4) is 0 Å². The van der Waals surface area contributed by atoms with Crippen LogP contribution in [-0.2, 0) is 11.2 Å². The van der Waals surface area contributed by atoms with Gasteiger partial charge in [0.2, 0.25) is 5.91 Å². The molecule has 6 N–H and O–H groups in total. The van der Waals surface area contributed by atoms with Crippen LogP contribution in [-0.4, -0.2) is 44.3 Å². The van der Waals surface area contributed by atoms with E-state index in [1.807, 2.05) is 13.8 Å². The number of nitrogens with one attached hydrogen (secondary N) is 2. The highest BCUT2D eigenvalue weighted by atomic mass is 16.3. The second-order valence-corrected chi connectivity index (χ2v) is 7.93. The summed E-state index contributed by atoms with van der Waals surface area (Å²) in [6.07, 6.45) is 7.26. The first-order valence-electron chi connectivity index (χ1n) is 9.81. The Kier molecular flexibility index (Phi) is 7.90. The Morgan fingerprint density at radius 1 is 1.31 bits per heavy atom. The van der Waals surface area contributed by atoms with Crippen LogP contribution >= 0.6 is 0 Å². The third-order valence-corrected chi connectivity index (χ3v) is 5.37. The smallest absolute Gasteiger partial charge is 0.220 e. The van der Waals surface area contributed by atoms with E-state index < -0.39 is 18.2 Å². The molecule has 7 heteroatoms. The Balaban J connectivity index is 1.93. The van der Waals surface area contributed by atoms with Crippen molar-refractivity contribution in [1.82, 2.24) is 15.3 Å². The van der Waals surface area contributed by atoms with E-state index in [-0.39, 0.29) is 18.2 Å². The van der Waals surface area contributed by atoms with Gasteiger partial charge in [-0.3, -0.25) is 4.79 Å². The van der Waals surface area contributed by atoms with Gasteiger partial charge in [0, 0.05) is 12.1 Å². The second-order valence-electron chi connectivity index (χ2n) is 7.93. The van der Waals surface area contributed by atoms with Crippen molar-refractivity contribution < 1.29 is 15.0 Å². The maximum absolute atomic E-state index is 12.4. The summed E-state index contributed by atoms with van der Waals surface area (Å²) in [6, 6.07) is -0.421. The lowest BCUT2D eigenvalue weighted by Gasteiger charge is -2.33. The highest BCUT2D eigenvalue weighted by Gasteiger charge is 2.31. The third-order valence-electron chi connectivity index (χ3n) is 5.37. The third kappa shape index (κ3) is 6.29. The maximum atomic E-state index is 12.4. The van der Waals surface area contributed by atoms with Gasteiger partial charge in [-0.15, -0.1) is 0 Å². The average Bonchev–Trinajstić information content (AvgIpc) is 3.04. The van der Waals surface area contributed by atoms with Crippen LogP contribution < -0.4 is 11.1 Å². The molecule has 0 spiro atoms. The van der Waals surface area contributed by atoms with E-state index in [1.54, 1.807) is 6.20 Å². The number of nitrogen functional groups attached to an aromatic ring is 1. The van der Waals surface area contributed by atoms with Gasteiger partial charge >= 0.3 is 0 Å². The Hall–Kier alpha value is -1.60. The highest BCUT2D eigenvalue weighted by Crippen LogP contribution is 2.29. The number of carbonyl (C=O) groups is 1. The molecule has 1 aromatic heterocycles. The van der Waals surface area contributed by atoms with Gasteiger partial charge in [-0.25, -0.2) is 4.98 Å². The first kappa shape index (κ1) is 20.7. The second kappa shape index (κ2) is 9.92. The molecule has 0 aliphatic heterocycles. The molecular weight excluding hydrogens is 332 g/mol. The molecule has 0 unspecified atom stereocenters. The predicted molar refractivity (Wildman–Crippen MR) is 101 cm³/mol. The maximum Gasteiger partial charge on any atom is 0.220 e. The van der Waals surface area contributed by atoms with Crippen LogP contribution in [0.1, 0.15) is 64.5 Å². The first-order valence-corrected chi connectivity index (χ1v) is 9.81. The van der Waals surface area contributed by atoms with E-state index >= 15 is 0 Å². The van der Waals surface area contributed by atoms with Gasteiger partial charge in [-0.1, -0.05) is 46.0 Å². The van der Waals surface area contributed by atoms with Crippen molar-refractivity contribution in [1.29, 1.82) is 0 Å². The summed E-state index contributed by atoms with van der Waals surface area (Å²) >= 11 is 0. The van der Waals surface area contributed by atoms with Gasteiger partial charge in [0.1, 0.15) is 6.10 Å². The van der Waals surface area contributed by atoms with Crippen molar-refractivity contribution in [2.24, 2.45) is 11.8 Å². The number of aryl methyl sites for hydroxylation is 1. The fraction of sp³-hybridized carbons (Fsp3) is 0.789. The van der Waals surface area contributed by atoms with E-state index in [2.05, 4.69) is 15.3 Å². The van der Waals surface area contributed by atoms with Gasteiger partial charge in [0.15, 0.2) is 5.95 Å². The number of nitrogens with two attached hydrogens (primary N) is 1. The number of anilines is 1. The number of hydrogen-bond acceptors (Lipinski definition) is 5. The lowest BCUT2D eigenvalue weighted by Crippen LogP contribution is -2.51. The number of aliphatic hydroxyl groups excluding tert-OH is 2. The fourth-order valence-corrected chi connectivity index (χ4v) is 3.73. The monoisotopic (exact) mass is 366 g/mol. The minimum Gasteiger partial charge on any atom is -0.390 e. The summed E-state index contributed by atoms with van der Waals surface area (Å²) in [7, 11) is 0. The number of nitrogens with zero attached hydrogens (tertiary/aromatic N) is 1. The molecule has 148 valence electrons. The van der Waals surface area contributed by atoms with E-state index in [9.17, 15) is 15.0 Å². The molecule has 0 aromatic carbocycles. The number of rotatable bonds is 9. The Morgan fingerprint density at radius 3 is 2.58 bits per heavy atom. The molecule has 7 nitrogen and oxygen atoms in total. The molecule has 1 aliphatic carbocycles. The van der Waals surface area contributed by atoms with Crippen LogP contribution in [0.4, 0.5) is 5.95 Å². The largest absolute Gasteiger partial charge is 0.390 e. The summed E-state index contributed by atoms with van der Waals surface area (Å²) in [5, 5.41) is 23.9. The molecule has 1 heterocycles. The van der Waals surface area contributed by atoms with Crippen molar-refractivity contribution in [2.75, 3.05) is 5.73 Å². The van der Waals surface area contributed by atoms with Crippen LogP contribution in [0.25, 0.3) is 0 Å². The number of amides is 1. The Morgan fingerprint density at radius 2 is 2.00 bits per heavy atom. The molecule has 0 bridgehead atoms. The van der Waals surface area contributed by atoms with E-state index in [1.165, 1.54) is 19.3 Å². The average molecular weight is 367 g/mol. The lowest BCUT2D eigenvalue weighted by atomic mass is 9.82. The van der Waals surface area contributed by atoms with Gasteiger partial charge in [-0.05, 0) is 24.7 Å². The minimum absolute atomic E-state index is 0.0660. The van der Waals surface area contributed by atoms with Gasteiger partial charge in [-0.2, -0.15) is 0 Å². The zero-order chi connectivity index (χ0) is 19.1. The molecule has 2 rings (SSSR count). The van der Waals surface area contributed by atoms with Crippen molar-refractivity contribution >= 4 is 11.9 Å². The molecule has 1 aromatic rings. The van der Waals surface area contributed by atoms with Crippen molar-refractivity contribution in [3.05, 3.63) is 11.9 Å². The molecule has 1 fully saturated rings. The van der Waals surface area contributed by atoms with Crippen LogP contribution in [0, 0.1) is 11.8 Å². The molecule has 1 amide bonds. The zero-order valence-electron chi connectivity index (χ0n) is 15.9. The molecule has 3 atom stereocenters. The normalized spacial score (nSPS) is 19.3. The number of hydrogen-bond donors (Lipinski definition) is 5. The van der Waals surface area contributed by atoms with Crippen LogP contribution in [0.15, 0.2) is 6.20 Å². The van der Waals surface area contributed by atoms with Crippen LogP contribution in [0.5, 0.6) is 0 Å². The summed E-state index contributed by atoms with van der Waals surface area (Å²) < 4.78 is 0. The lowest BCUT2D eigenvalue weighted by molar-refractivity contribution is -0.124. The van der Waals surface area contributed by atoms with Gasteiger partial charge in [0.25, 0.3) is 0 Å². The van der Waals surface area contributed by atoms with Crippen molar-refractivity contribution in [3.63, 3.8) is 0 Å². The van der Waals surface area contributed by atoms with E-state index in [0.717, 1.165) is 18.5 Å². The van der Waals surface area contributed by atoms with E-state index in [4.69, 9.17) is 5.73 Å². The summed E-state index contributed by atoms with van der Waals surface area (Å²) in [5.41, 5.74) is 6.35. The van der Waals surface area contributed by atoms with Gasteiger partial charge in [0.05, 0.1) is 18.3 Å². The molecule has 26 heavy (non-hydrogen) atoms. The zero-order valence-corrected chi connectivity index (χ0v) is 15.9. The summed E-state index contributed by atoms with van der Waals surface area (Å²) in [4.78, 5) is 19.2. The topological polar surface area (TPSA) is 124 Å². The SMILES string of the molecule is CC(C)[C@@H](O)[C@@H](O)[C@@H](CC1CCCCC1)NC(=O)CCc1cnc(N)[nH]1. The summed E-state index contributed by atoms with van der Waals surface area (Å²) in [6.45, 7) is 3.74. The number of imidazole rings is 1. The number of aromatic amines is 1. The van der Waals surface area contributed by atoms with E-state index in [0.29, 0.717) is 24.7 Å². The standard InChI is InChI=1S/C19H34N4O3/c1-12(2)17(25)18(26)15(10-13-6-4-3-5-7-13)23-16(24)9-8-14-11-21-19(20)22-14/h11-13,15,17-18,25-26H,3-10H2,1-2H3,(H,23,24)(H3,20,21,22)/t15-,17-,18+/m1/s1. The molecule has 0 radical (unpaired) electrons. The molecule has 0 saturated heterocycles. The van der Waals surface area contributed by atoms with Crippen LogP contribution in [0.3, 0.4) is 0 Å². The number of aliphatic hydroxyl groups is 2. The quantitative estimate of drug-likeness (QED) is 0.455. The number of H-pyrrole nitrogens is 1. The number of aromatic nitrogens is 2. The fourth-order valence-electron chi connectivity index (χ4n) is 3.73. The predicted octanol–water partition coefficient (Wildman–Crippen LogP) is 1.76. The first-order chi connectivity index (χ1) is 12.4. The highest BCUT2D eigenvalue weighted by molar-refractivity contribution is 5.76. The van der Waals surface area contributed by atoms with Crippen LogP contribution in [0.2, 0.25) is 0 Å². The Labute approximate surface area is 155 Å². The van der Waals surface area contributed by atoms with Gasteiger partial charge < -0.3 is 26.2 Å². The summed E-state index contributed by atoms with van der Waals surface area (Å²) in [5.74, 6) is 0.638.